The average Bonchev–Trinajstić information content (AvgIpc) is 3.28. The Balaban J connectivity index is 1.21. The van der Waals surface area contributed by atoms with Crippen LogP contribution in [0.5, 0.6) is 0 Å². The van der Waals surface area contributed by atoms with Gasteiger partial charge in [-0.1, -0.05) is 43.3 Å². The number of hydrogen-bond donors (Lipinski definition) is 4. The minimum atomic E-state index is -0.451. The van der Waals surface area contributed by atoms with E-state index in [1.807, 2.05) is 37.4 Å². The zero-order valence-corrected chi connectivity index (χ0v) is 21.1. The van der Waals surface area contributed by atoms with E-state index >= 15 is 0 Å². The van der Waals surface area contributed by atoms with Crippen LogP contribution < -0.4 is 16.0 Å². The molecule has 1 aromatic carbocycles. The summed E-state index contributed by atoms with van der Waals surface area (Å²) in [6, 6.07) is 8.30. The fourth-order valence-corrected chi connectivity index (χ4v) is 5.66. The second kappa shape index (κ2) is 9.93. The van der Waals surface area contributed by atoms with Gasteiger partial charge in [-0.05, 0) is 50.7 Å². The van der Waals surface area contributed by atoms with Crippen molar-refractivity contribution in [2.45, 2.75) is 63.6 Å². The molecule has 5 rings (SSSR count). The number of para-hydroxylation sites is 1. The Morgan fingerprint density at radius 1 is 1.17 bits per heavy atom. The number of aromatic amines is 1. The molecule has 2 heterocycles. The Hall–Kier alpha value is -3.39. The average molecular weight is 507 g/mol. The summed E-state index contributed by atoms with van der Waals surface area (Å²) in [5.74, 6) is 0.394. The molecule has 0 radical (unpaired) electrons. The molecule has 2 aliphatic carbocycles. The first-order valence-corrected chi connectivity index (χ1v) is 12.8. The van der Waals surface area contributed by atoms with Crippen LogP contribution >= 0.6 is 11.6 Å². The fourth-order valence-electron chi connectivity index (χ4n) is 5.46. The molecule has 0 aliphatic heterocycles. The van der Waals surface area contributed by atoms with Crippen molar-refractivity contribution < 1.29 is 9.59 Å². The van der Waals surface area contributed by atoms with Gasteiger partial charge >= 0.3 is 0 Å². The Labute approximate surface area is 215 Å². The van der Waals surface area contributed by atoms with Gasteiger partial charge in [0.1, 0.15) is 0 Å². The predicted octanol–water partition coefficient (Wildman–Crippen LogP) is 4.59. The third-order valence-electron chi connectivity index (χ3n) is 7.40. The molecule has 2 fully saturated rings. The number of nitrogens with one attached hydrogen (secondary N) is 4. The van der Waals surface area contributed by atoms with Crippen molar-refractivity contribution in [3.05, 3.63) is 54.3 Å². The third-order valence-corrected chi connectivity index (χ3v) is 7.68. The molecule has 2 saturated carbocycles. The number of hydrogen-bond acceptors (Lipinski definition) is 5. The van der Waals surface area contributed by atoms with Gasteiger partial charge in [-0.25, -0.2) is 9.97 Å². The third kappa shape index (κ3) is 4.95. The summed E-state index contributed by atoms with van der Waals surface area (Å²) < 4.78 is 0. The summed E-state index contributed by atoms with van der Waals surface area (Å²) in [6.45, 7) is 5.44. The smallest absolute Gasteiger partial charge is 0.243 e. The predicted molar refractivity (Wildman–Crippen MR) is 142 cm³/mol. The molecule has 0 spiro atoms. The van der Waals surface area contributed by atoms with Crippen molar-refractivity contribution in [1.29, 1.82) is 0 Å². The number of amides is 2. The highest BCUT2D eigenvalue weighted by Gasteiger charge is 2.47. The van der Waals surface area contributed by atoms with Gasteiger partial charge in [0.15, 0.2) is 0 Å². The first-order valence-electron chi connectivity index (χ1n) is 12.4. The number of carbonyl (C=O) groups is 2. The van der Waals surface area contributed by atoms with E-state index in [0.717, 1.165) is 42.1 Å². The van der Waals surface area contributed by atoms with Gasteiger partial charge in [0, 0.05) is 40.8 Å². The monoisotopic (exact) mass is 506 g/mol. The molecule has 9 heteroatoms. The molecule has 3 aromatic rings. The van der Waals surface area contributed by atoms with Gasteiger partial charge in [-0.2, -0.15) is 0 Å². The lowest BCUT2D eigenvalue weighted by Crippen LogP contribution is -2.57. The van der Waals surface area contributed by atoms with Crippen LogP contribution in [0.15, 0.2) is 49.3 Å². The van der Waals surface area contributed by atoms with E-state index in [4.69, 9.17) is 16.6 Å². The van der Waals surface area contributed by atoms with E-state index in [2.05, 4.69) is 32.5 Å². The van der Waals surface area contributed by atoms with Crippen molar-refractivity contribution in [3.63, 3.8) is 0 Å². The minimum Gasteiger partial charge on any atom is -0.360 e. The number of carbonyl (C=O) groups excluding carboxylic acids is 2. The number of anilines is 1. The maximum atomic E-state index is 13.0. The first-order chi connectivity index (χ1) is 17.3. The Morgan fingerprint density at radius 3 is 2.75 bits per heavy atom. The van der Waals surface area contributed by atoms with Crippen LogP contribution in [0.4, 0.5) is 5.95 Å². The molecular weight excluding hydrogens is 476 g/mol. The standard InChI is InChI=1S/C27H31ClN6O2/c1-3-23(35)31-18-12-27(2,13-18)25(36)32-16-7-6-8-17(11-16)33-26-30-15-21(28)24(34-26)20-14-29-22-10-5-4-9-19(20)22/h3-5,9-10,14-18,29H,1,6-8,11-13H2,2H3,(H,31,35)(H,32,36)(H,30,33,34)/t16-,17+,18?,27?/m0/s1. The molecule has 4 N–H and O–H groups in total. The first kappa shape index (κ1) is 24.3. The van der Waals surface area contributed by atoms with E-state index in [-0.39, 0.29) is 29.9 Å². The quantitative estimate of drug-likeness (QED) is 0.350. The zero-order valence-electron chi connectivity index (χ0n) is 20.3. The highest BCUT2D eigenvalue weighted by atomic mass is 35.5. The Morgan fingerprint density at radius 2 is 1.94 bits per heavy atom. The second-order valence-corrected chi connectivity index (χ2v) is 10.6. The van der Waals surface area contributed by atoms with Crippen LogP contribution in [-0.2, 0) is 9.59 Å². The molecule has 2 amide bonds. The van der Waals surface area contributed by atoms with Crippen LogP contribution in [0.1, 0.15) is 45.4 Å². The van der Waals surface area contributed by atoms with Crippen LogP contribution in [0.3, 0.4) is 0 Å². The topological polar surface area (TPSA) is 112 Å². The fraction of sp³-hybridized carbons (Fsp3) is 0.407. The molecule has 188 valence electrons. The molecule has 2 aliphatic rings. The van der Waals surface area contributed by atoms with Crippen molar-refractivity contribution in [1.82, 2.24) is 25.6 Å². The molecule has 0 saturated heterocycles. The number of rotatable bonds is 7. The zero-order chi connectivity index (χ0) is 25.3. The highest BCUT2D eigenvalue weighted by Crippen LogP contribution is 2.41. The molecular formula is C27H31ClN6O2. The lowest BCUT2D eigenvalue weighted by Gasteiger charge is -2.45. The van der Waals surface area contributed by atoms with Crippen LogP contribution in [-0.4, -0.2) is 44.9 Å². The molecule has 2 aromatic heterocycles. The molecule has 36 heavy (non-hydrogen) atoms. The number of fused-ring (bicyclic) bond motifs is 1. The van der Waals surface area contributed by atoms with Crippen LogP contribution in [0, 0.1) is 5.41 Å². The van der Waals surface area contributed by atoms with Gasteiger partial charge in [0.05, 0.1) is 22.3 Å². The summed E-state index contributed by atoms with van der Waals surface area (Å²) in [5.41, 5.74) is 2.19. The van der Waals surface area contributed by atoms with E-state index in [0.29, 0.717) is 29.5 Å². The normalized spacial score (nSPS) is 25.6. The van der Waals surface area contributed by atoms with E-state index in [1.165, 1.54) is 6.08 Å². The SMILES string of the molecule is C=CC(=O)NC1CC(C)(C(=O)N[C@H]2CCC[C@@H](Nc3ncc(Cl)c(-c4c[nH]c5ccccc45)n3)C2)C1. The summed E-state index contributed by atoms with van der Waals surface area (Å²) in [4.78, 5) is 36.9. The second-order valence-electron chi connectivity index (χ2n) is 10.2. The van der Waals surface area contributed by atoms with Crippen molar-refractivity contribution in [2.75, 3.05) is 5.32 Å². The summed E-state index contributed by atoms with van der Waals surface area (Å²) >= 11 is 6.48. The van der Waals surface area contributed by atoms with E-state index < -0.39 is 5.41 Å². The number of benzene rings is 1. The Kier molecular flexibility index (Phi) is 6.71. The minimum absolute atomic E-state index is 0.0282. The molecule has 2 atom stereocenters. The number of halogens is 1. The van der Waals surface area contributed by atoms with E-state index in [9.17, 15) is 9.59 Å². The maximum absolute atomic E-state index is 13.0. The molecule has 0 unspecified atom stereocenters. The molecule has 0 bridgehead atoms. The van der Waals surface area contributed by atoms with Gasteiger partial charge in [-0.3, -0.25) is 9.59 Å². The summed E-state index contributed by atoms with van der Waals surface area (Å²) in [5, 5.41) is 11.1. The maximum Gasteiger partial charge on any atom is 0.243 e. The number of aromatic nitrogens is 3. The summed E-state index contributed by atoms with van der Waals surface area (Å²) in [7, 11) is 0. The summed E-state index contributed by atoms with van der Waals surface area (Å²) in [6.07, 6.45) is 9.82. The highest BCUT2D eigenvalue weighted by molar-refractivity contribution is 6.33. The van der Waals surface area contributed by atoms with Gasteiger partial charge in [0.2, 0.25) is 17.8 Å². The number of nitrogens with zero attached hydrogens (tertiary/aromatic N) is 2. The van der Waals surface area contributed by atoms with Crippen LogP contribution in [0.2, 0.25) is 5.02 Å². The van der Waals surface area contributed by atoms with Gasteiger partial charge in [0.25, 0.3) is 0 Å². The lowest BCUT2D eigenvalue weighted by atomic mass is 9.66. The van der Waals surface area contributed by atoms with E-state index in [1.54, 1.807) is 6.20 Å². The van der Waals surface area contributed by atoms with Crippen molar-refractivity contribution in [3.8, 4) is 11.3 Å². The molecule has 8 nitrogen and oxygen atoms in total. The van der Waals surface area contributed by atoms with Crippen molar-refractivity contribution in [2.24, 2.45) is 5.41 Å². The van der Waals surface area contributed by atoms with Crippen LogP contribution in [0.25, 0.3) is 22.2 Å². The largest absolute Gasteiger partial charge is 0.360 e. The lowest BCUT2D eigenvalue weighted by molar-refractivity contribution is -0.138. The van der Waals surface area contributed by atoms with Gasteiger partial charge < -0.3 is 20.9 Å². The Bertz CT molecular complexity index is 1300. The van der Waals surface area contributed by atoms with Gasteiger partial charge in [-0.15, -0.1) is 0 Å². The van der Waals surface area contributed by atoms with Crippen molar-refractivity contribution >= 4 is 40.3 Å². The number of H-pyrrole nitrogens is 1.